The fourth-order valence-electron chi connectivity index (χ4n) is 3.56. The van der Waals surface area contributed by atoms with Crippen LogP contribution in [-0.4, -0.2) is 38.7 Å². The quantitative estimate of drug-likeness (QED) is 0.575. The lowest BCUT2D eigenvalue weighted by atomic mass is 10.1. The Morgan fingerprint density at radius 2 is 1.60 bits per heavy atom. The summed E-state index contributed by atoms with van der Waals surface area (Å²) in [5.74, 6) is 0.506. The van der Waals surface area contributed by atoms with Gasteiger partial charge in [0, 0.05) is 23.7 Å². The number of nitrogens with zero attached hydrogens (tertiary/aromatic N) is 2. The maximum atomic E-state index is 13.4. The maximum Gasteiger partial charge on any atom is 0.236 e. The summed E-state index contributed by atoms with van der Waals surface area (Å²) >= 11 is 5.94. The van der Waals surface area contributed by atoms with Crippen molar-refractivity contribution in [2.45, 2.75) is 42.9 Å². The highest BCUT2D eigenvalue weighted by atomic mass is 35.5. The summed E-state index contributed by atoms with van der Waals surface area (Å²) in [5, 5.41) is 0.368. The molecular weight excluding hydrogens is 424 g/mol. The number of hydrogen-bond acceptors (Lipinski definition) is 6. The van der Waals surface area contributed by atoms with Crippen molar-refractivity contribution in [1.29, 1.82) is 0 Å². The fourth-order valence-corrected chi connectivity index (χ4v) is 5.01. The van der Waals surface area contributed by atoms with Gasteiger partial charge in [-0.25, -0.2) is 8.42 Å². The Balaban J connectivity index is 1.85. The van der Waals surface area contributed by atoms with E-state index in [2.05, 4.69) is 4.98 Å². The van der Waals surface area contributed by atoms with E-state index in [4.69, 9.17) is 20.8 Å². The van der Waals surface area contributed by atoms with E-state index in [0.717, 1.165) is 5.56 Å². The van der Waals surface area contributed by atoms with Gasteiger partial charge in [-0.15, -0.1) is 0 Å². The van der Waals surface area contributed by atoms with Crippen LogP contribution >= 0.6 is 11.6 Å². The number of aryl methyl sites for hydroxylation is 1. The second-order valence-electron chi connectivity index (χ2n) is 7.62. The second kappa shape index (κ2) is 8.06. The van der Waals surface area contributed by atoms with Gasteiger partial charge in [-0.1, -0.05) is 29.3 Å². The molecule has 0 bridgehead atoms. The standard InChI is InChI=1S/C22H23ClN2O4S/c1-14-4-6-17(7-5-14)20-24-21(30(26,27)19-10-8-18(23)9-11-19)22(29-20)25-12-15(2)28-16(3)13-25/h4-11,15-16H,12-13H2,1-3H3/t15-,16-/m0/s1. The molecule has 0 amide bonds. The topological polar surface area (TPSA) is 72.6 Å². The van der Waals surface area contributed by atoms with E-state index in [1.165, 1.54) is 12.1 Å². The van der Waals surface area contributed by atoms with E-state index in [0.29, 0.717) is 23.7 Å². The summed E-state index contributed by atoms with van der Waals surface area (Å²) in [6.07, 6.45) is -0.125. The summed E-state index contributed by atoms with van der Waals surface area (Å²) in [7, 11) is -3.91. The first kappa shape index (κ1) is 20.9. The van der Waals surface area contributed by atoms with Crippen LogP contribution in [0.15, 0.2) is 62.9 Å². The molecule has 1 aliphatic heterocycles. The molecule has 0 N–H and O–H groups in total. The summed E-state index contributed by atoms with van der Waals surface area (Å²) in [6, 6.07) is 13.7. The van der Waals surface area contributed by atoms with Gasteiger partial charge in [-0.3, -0.25) is 0 Å². The Morgan fingerprint density at radius 1 is 1.00 bits per heavy atom. The Labute approximate surface area is 181 Å². The molecule has 0 radical (unpaired) electrons. The lowest BCUT2D eigenvalue weighted by Crippen LogP contribution is -2.45. The van der Waals surface area contributed by atoms with Crippen LogP contribution in [0, 0.1) is 6.92 Å². The molecule has 2 atom stereocenters. The molecule has 2 heterocycles. The summed E-state index contributed by atoms with van der Waals surface area (Å²) in [5.41, 5.74) is 1.81. The van der Waals surface area contributed by atoms with Crippen LogP contribution in [0.3, 0.4) is 0 Å². The van der Waals surface area contributed by atoms with Crippen molar-refractivity contribution in [1.82, 2.24) is 4.98 Å². The molecule has 0 aliphatic carbocycles. The third-order valence-electron chi connectivity index (χ3n) is 4.96. The average Bonchev–Trinajstić information content (AvgIpc) is 3.14. The second-order valence-corrected chi connectivity index (χ2v) is 9.92. The van der Waals surface area contributed by atoms with Crippen LogP contribution in [0.2, 0.25) is 5.02 Å². The molecule has 0 spiro atoms. The number of morpholine rings is 1. The van der Waals surface area contributed by atoms with E-state index in [-0.39, 0.29) is 33.9 Å². The number of aromatic nitrogens is 1. The molecule has 1 aliphatic rings. The van der Waals surface area contributed by atoms with Gasteiger partial charge in [-0.2, -0.15) is 4.98 Å². The first-order valence-electron chi connectivity index (χ1n) is 9.73. The van der Waals surface area contributed by atoms with E-state index in [1.54, 1.807) is 12.1 Å². The van der Waals surface area contributed by atoms with Crippen LogP contribution in [-0.2, 0) is 14.6 Å². The van der Waals surface area contributed by atoms with E-state index in [9.17, 15) is 8.42 Å². The van der Waals surface area contributed by atoms with Crippen LogP contribution in [0.5, 0.6) is 0 Å². The third kappa shape index (κ3) is 4.10. The molecular formula is C22H23ClN2O4S. The predicted octanol–water partition coefficient (Wildman–Crippen LogP) is 4.75. The number of sulfone groups is 1. The average molecular weight is 447 g/mol. The SMILES string of the molecule is Cc1ccc(-c2nc(S(=O)(=O)c3ccc(Cl)cc3)c(N3C[C@H](C)O[C@@H](C)C3)o2)cc1. The Morgan fingerprint density at radius 3 is 2.20 bits per heavy atom. The monoisotopic (exact) mass is 446 g/mol. The highest BCUT2D eigenvalue weighted by Crippen LogP contribution is 2.36. The number of benzene rings is 2. The van der Waals surface area contributed by atoms with Gasteiger partial charge >= 0.3 is 0 Å². The minimum Gasteiger partial charge on any atom is -0.419 e. The molecule has 8 heteroatoms. The number of ether oxygens (including phenoxy) is 1. The number of rotatable bonds is 4. The van der Waals surface area contributed by atoms with Crippen LogP contribution in [0.4, 0.5) is 5.88 Å². The van der Waals surface area contributed by atoms with E-state index in [1.807, 2.05) is 49.9 Å². The van der Waals surface area contributed by atoms with Crippen LogP contribution < -0.4 is 4.90 Å². The minimum absolute atomic E-state index is 0.0623. The summed E-state index contributed by atoms with van der Waals surface area (Å²) in [6.45, 7) is 6.91. The molecule has 30 heavy (non-hydrogen) atoms. The predicted molar refractivity (Wildman–Crippen MR) is 116 cm³/mol. The van der Waals surface area contributed by atoms with Gasteiger partial charge in [0.2, 0.25) is 26.6 Å². The van der Waals surface area contributed by atoms with Crippen molar-refractivity contribution in [3.63, 3.8) is 0 Å². The van der Waals surface area contributed by atoms with Gasteiger partial charge in [0.05, 0.1) is 17.1 Å². The van der Waals surface area contributed by atoms with Crippen molar-refractivity contribution < 1.29 is 17.6 Å². The van der Waals surface area contributed by atoms with Crippen molar-refractivity contribution in [3.05, 3.63) is 59.1 Å². The maximum absolute atomic E-state index is 13.4. The smallest absolute Gasteiger partial charge is 0.236 e. The van der Waals surface area contributed by atoms with Crippen molar-refractivity contribution in [2.75, 3.05) is 18.0 Å². The molecule has 3 aromatic rings. The molecule has 158 valence electrons. The molecule has 0 saturated carbocycles. The lowest BCUT2D eigenvalue weighted by molar-refractivity contribution is -0.00657. The van der Waals surface area contributed by atoms with Gasteiger partial charge in [-0.05, 0) is 57.2 Å². The minimum atomic E-state index is -3.91. The molecule has 1 fully saturated rings. The van der Waals surface area contributed by atoms with E-state index >= 15 is 0 Å². The van der Waals surface area contributed by atoms with Crippen LogP contribution in [0.25, 0.3) is 11.5 Å². The lowest BCUT2D eigenvalue weighted by Gasteiger charge is -2.35. The van der Waals surface area contributed by atoms with Gasteiger partial charge in [0.1, 0.15) is 0 Å². The zero-order valence-corrected chi connectivity index (χ0v) is 18.6. The molecule has 6 nitrogen and oxygen atoms in total. The first-order chi connectivity index (χ1) is 14.2. The molecule has 2 aromatic carbocycles. The molecule has 0 unspecified atom stereocenters. The fraction of sp³-hybridized carbons (Fsp3) is 0.318. The van der Waals surface area contributed by atoms with Gasteiger partial charge in [0.25, 0.3) is 0 Å². The van der Waals surface area contributed by atoms with Crippen molar-refractivity contribution in [2.24, 2.45) is 0 Å². The highest BCUT2D eigenvalue weighted by Gasteiger charge is 2.34. The van der Waals surface area contributed by atoms with Crippen LogP contribution in [0.1, 0.15) is 19.4 Å². The van der Waals surface area contributed by atoms with Gasteiger partial charge < -0.3 is 14.1 Å². The van der Waals surface area contributed by atoms with Crippen molar-refractivity contribution >= 4 is 27.3 Å². The Bertz CT molecular complexity index is 1130. The number of oxazole rings is 1. The highest BCUT2D eigenvalue weighted by molar-refractivity contribution is 7.91. The molecule has 4 rings (SSSR count). The summed E-state index contributed by atoms with van der Waals surface area (Å²) < 4.78 is 38.8. The number of halogens is 1. The number of hydrogen-bond donors (Lipinski definition) is 0. The first-order valence-corrected chi connectivity index (χ1v) is 11.6. The van der Waals surface area contributed by atoms with Crippen molar-refractivity contribution in [3.8, 4) is 11.5 Å². The zero-order chi connectivity index (χ0) is 21.5. The van der Waals surface area contributed by atoms with Gasteiger partial charge in [0.15, 0.2) is 0 Å². The normalized spacial score (nSPS) is 19.8. The summed E-state index contributed by atoms with van der Waals surface area (Å²) in [4.78, 5) is 6.45. The molecule has 1 aromatic heterocycles. The Hall–Kier alpha value is -2.35. The van der Waals surface area contributed by atoms with E-state index < -0.39 is 9.84 Å². The molecule has 1 saturated heterocycles. The third-order valence-corrected chi connectivity index (χ3v) is 6.88. The Kier molecular flexibility index (Phi) is 5.61. The number of anilines is 1. The largest absolute Gasteiger partial charge is 0.419 e. The zero-order valence-electron chi connectivity index (χ0n) is 17.0.